The molecule has 150 valence electrons. The lowest BCUT2D eigenvalue weighted by Gasteiger charge is -2.16. The van der Waals surface area contributed by atoms with Gasteiger partial charge in [-0.2, -0.15) is 5.10 Å². The highest BCUT2D eigenvalue weighted by atomic mass is 16.6. The molecule has 10 nitrogen and oxygen atoms in total. The Kier molecular flexibility index (Phi) is 7.37. The van der Waals surface area contributed by atoms with Crippen molar-refractivity contribution >= 4 is 18.0 Å². The molecule has 1 N–H and O–H groups in total. The molecule has 0 aliphatic carbocycles. The molecule has 0 fully saturated rings. The van der Waals surface area contributed by atoms with Gasteiger partial charge in [0.15, 0.2) is 17.3 Å². The van der Waals surface area contributed by atoms with Crippen LogP contribution >= 0.6 is 0 Å². The molecule has 28 heavy (non-hydrogen) atoms. The number of furan rings is 1. The van der Waals surface area contributed by atoms with Crippen molar-refractivity contribution in [3.8, 4) is 17.2 Å². The highest BCUT2D eigenvalue weighted by molar-refractivity contribution is 5.96. The summed E-state index contributed by atoms with van der Waals surface area (Å²) >= 11 is 0. The average molecular weight is 391 g/mol. The quantitative estimate of drug-likeness (QED) is 0.374. The largest absolute Gasteiger partial charge is 0.490 e. The van der Waals surface area contributed by atoms with E-state index in [9.17, 15) is 14.9 Å². The minimum absolute atomic E-state index is 0.128. The molecule has 0 aliphatic rings. The first-order valence-corrected chi connectivity index (χ1v) is 8.64. The molecular weight excluding hydrogens is 370 g/mol. The highest BCUT2D eigenvalue weighted by Crippen LogP contribution is 2.39. The van der Waals surface area contributed by atoms with Gasteiger partial charge in [0.2, 0.25) is 5.75 Å². The molecule has 10 heteroatoms. The number of hydrogen-bond acceptors (Lipinski definition) is 8. The normalized spacial score (nSPS) is 10.7. The van der Waals surface area contributed by atoms with Crippen molar-refractivity contribution in [2.24, 2.45) is 5.10 Å². The lowest BCUT2D eigenvalue weighted by Crippen LogP contribution is -2.18. The van der Waals surface area contributed by atoms with Gasteiger partial charge in [0.1, 0.15) is 4.92 Å². The third-order valence-corrected chi connectivity index (χ3v) is 3.32. The first-order valence-electron chi connectivity index (χ1n) is 8.64. The third-order valence-electron chi connectivity index (χ3n) is 3.32. The van der Waals surface area contributed by atoms with Gasteiger partial charge < -0.3 is 18.6 Å². The van der Waals surface area contributed by atoms with Gasteiger partial charge in [-0.1, -0.05) is 0 Å². The SMILES string of the molecule is CCOc1cc(C(=O)N/N=C/c2ccc([N+](=O)[O-])o2)cc(OCC)c1OCC. The summed E-state index contributed by atoms with van der Waals surface area (Å²) in [5, 5.41) is 14.3. The minimum Gasteiger partial charge on any atom is -0.490 e. The molecule has 0 spiro atoms. The summed E-state index contributed by atoms with van der Waals surface area (Å²) in [6.07, 6.45) is 1.16. The summed E-state index contributed by atoms with van der Waals surface area (Å²) in [7, 11) is 0. The number of nitro groups is 1. The van der Waals surface area contributed by atoms with E-state index in [0.29, 0.717) is 37.1 Å². The van der Waals surface area contributed by atoms with E-state index in [2.05, 4.69) is 10.5 Å². The lowest BCUT2D eigenvalue weighted by molar-refractivity contribution is -0.402. The zero-order valence-corrected chi connectivity index (χ0v) is 15.8. The molecule has 0 unspecified atom stereocenters. The topological polar surface area (TPSA) is 125 Å². The van der Waals surface area contributed by atoms with Gasteiger partial charge in [-0.25, -0.2) is 5.43 Å². The fourth-order valence-corrected chi connectivity index (χ4v) is 2.25. The smallest absolute Gasteiger partial charge is 0.433 e. The summed E-state index contributed by atoms with van der Waals surface area (Å²) in [5.74, 6) is 0.374. The third kappa shape index (κ3) is 5.22. The maximum Gasteiger partial charge on any atom is 0.433 e. The van der Waals surface area contributed by atoms with Crippen LogP contribution in [0, 0.1) is 10.1 Å². The number of benzene rings is 1. The lowest BCUT2D eigenvalue weighted by atomic mass is 10.1. The Morgan fingerprint density at radius 2 is 1.75 bits per heavy atom. The molecule has 0 saturated heterocycles. The van der Waals surface area contributed by atoms with Gasteiger partial charge >= 0.3 is 5.88 Å². The zero-order chi connectivity index (χ0) is 20.5. The molecule has 0 radical (unpaired) electrons. The standard InChI is InChI=1S/C18H21N3O7/c1-4-25-14-9-12(10-15(26-5-2)17(14)27-6-3)18(22)20-19-11-13-7-8-16(28-13)21(23)24/h7-11H,4-6H2,1-3H3,(H,20,22)/b19-11+. The zero-order valence-electron chi connectivity index (χ0n) is 15.8. The van der Waals surface area contributed by atoms with Crippen LogP contribution in [-0.2, 0) is 0 Å². The summed E-state index contributed by atoms with van der Waals surface area (Å²) in [6, 6.07) is 5.61. The van der Waals surface area contributed by atoms with Gasteiger partial charge in [-0.15, -0.1) is 0 Å². The van der Waals surface area contributed by atoms with Crippen molar-refractivity contribution in [1.29, 1.82) is 0 Å². The Bertz CT molecular complexity index is 834. The van der Waals surface area contributed by atoms with Crippen LogP contribution in [0.4, 0.5) is 5.88 Å². The van der Waals surface area contributed by atoms with Gasteiger partial charge in [0, 0.05) is 5.56 Å². The van der Waals surface area contributed by atoms with E-state index in [0.717, 1.165) is 6.21 Å². The molecular formula is C18H21N3O7. The summed E-state index contributed by atoms with van der Waals surface area (Å²) in [6.45, 7) is 6.63. The highest BCUT2D eigenvalue weighted by Gasteiger charge is 2.18. The van der Waals surface area contributed by atoms with Crippen molar-refractivity contribution in [3.63, 3.8) is 0 Å². The van der Waals surface area contributed by atoms with Crippen LogP contribution < -0.4 is 19.6 Å². The molecule has 1 amide bonds. The molecule has 0 atom stereocenters. The number of carbonyl (C=O) groups is 1. The summed E-state index contributed by atoms with van der Waals surface area (Å²) in [5.41, 5.74) is 2.57. The van der Waals surface area contributed by atoms with E-state index >= 15 is 0 Å². The second kappa shape index (κ2) is 9.95. The first-order chi connectivity index (χ1) is 13.5. The molecule has 2 rings (SSSR count). The Labute approximate surface area is 161 Å². The van der Waals surface area contributed by atoms with Crippen LogP contribution in [0.15, 0.2) is 33.8 Å². The number of nitrogens with one attached hydrogen (secondary N) is 1. The molecule has 0 bridgehead atoms. The van der Waals surface area contributed by atoms with Crippen molar-refractivity contribution in [2.45, 2.75) is 20.8 Å². The predicted molar refractivity (Wildman–Crippen MR) is 100 cm³/mol. The van der Waals surface area contributed by atoms with E-state index in [-0.39, 0.29) is 11.3 Å². The number of amides is 1. The van der Waals surface area contributed by atoms with E-state index in [1.54, 1.807) is 0 Å². The number of hydrogen-bond donors (Lipinski definition) is 1. The van der Waals surface area contributed by atoms with Crippen LogP contribution in [0.25, 0.3) is 0 Å². The minimum atomic E-state index is -0.666. The Morgan fingerprint density at radius 3 is 2.25 bits per heavy atom. The second-order valence-corrected chi connectivity index (χ2v) is 5.23. The van der Waals surface area contributed by atoms with Crippen LogP contribution in [0.2, 0.25) is 0 Å². The van der Waals surface area contributed by atoms with Gasteiger partial charge in [0.25, 0.3) is 5.91 Å². The van der Waals surface area contributed by atoms with Crippen LogP contribution in [0.5, 0.6) is 17.2 Å². The summed E-state index contributed by atoms with van der Waals surface area (Å²) in [4.78, 5) is 22.3. The van der Waals surface area contributed by atoms with Crippen molar-refractivity contribution in [1.82, 2.24) is 5.43 Å². The Morgan fingerprint density at radius 1 is 1.14 bits per heavy atom. The number of hydrazone groups is 1. The Balaban J connectivity index is 2.20. The average Bonchev–Trinajstić information content (AvgIpc) is 3.13. The van der Waals surface area contributed by atoms with E-state index in [4.69, 9.17) is 18.6 Å². The molecule has 1 aromatic heterocycles. The maximum atomic E-state index is 12.4. The van der Waals surface area contributed by atoms with Gasteiger partial charge in [-0.3, -0.25) is 14.9 Å². The van der Waals surface area contributed by atoms with E-state index < -0.39 is 16.7 Å². The van der Waals surface area contributed by atoms with Crippen molar-refractivity contribution in [2.75, 3.05) is 19.8 Å². The maximum absolute atomic E-state index is 12.4. The first kappa shape index (κ1) is 20.7. The predicted octanol–water partition coefficient (Wildman–Crippen LogP) is 3.15. The monoisotopic (exact) mass is 391 g/mol. The van der Waals surface area contributed by atoms with Crippen LogP contribution in [0.3, 0.4) is 0 Å². The summed E-state index contributed by atoms with van der Waals surface area (Å²) < 4.78 is 21.6. The van der Waals surface area contributed by atoms with E-state index in [1.165, 1.54) is 24.3 Å². The number of nitrogens with zero attached hydrogens (tertiary/aromatic N) is 2. The van der Waals surface area contributed by atoms with Crippen molar-refractivity contribution in [3.05, 3.63) is 45.7 Å². The Hall–Kier alpha value is -3.56. The van der Waals surface area contributed by atoms with Crippen LogP contribution in [0.1, 0.15) is 36.9 Å². The second-order valence-electron chi connectivity index (χ2n) is 5.23. The van der Waals surface area contributed by atoms with Crippen LogP contribution in [-0.4, -0.2) is 36.9 Å². The molecule has 1 aromatic carbocycles. The molecule has 0 aliphatic heterocycles. The number of rotatable bonds is 10. The molecule has 1 heterocycles. The van der Waals surface area contributed by atoms with Crippen molar-refractivity contribution < 1.29 is 28.3 Å². The van der Waals surface area contributed by atoms with Gasteiger partial charge in [-0.05, 0) is 39.0 Å². The van der Waals surface area contributed by atoms with E-state index in [1.807, 2.05) is 20.8 Å². The fraction of sp³-hybridized carbons (Fsp3) is 0.333. The molecule has 0 saturated carbocycles. The number of carbonyl (C=O) groups excluding carboxylic acids is 1. The molecule has 2 aromatic rings. The number of ether oxygens (including phenoxy) is 3. The fourth-order valence-electron chi connectivity index (χ4n) is 2.25. The van der Waals surface area contributed by atoms with Gasteiger partial charge in [0.05, 0.1) is 32.1 Å².